The van der Waals surface area contributed by atoms with Crippen molar-refractivity contribution < 1.29 is 4.74 Å². The molecule has 0 heterocycles. The van der Waals surface area contributed by atoms with Crippen LogP contribution in [0.1, 0.15) is 25.5 Å². The van der Waals surface area contributed by atoms with Crippen molar-refractivity contribution in [2.75, 3.05) is 34.4 Å². The third kappa shape index (κ3) is 5.72. The summed E-state index contributed by atoms with van der Waals surface area (Å²) in [4.78, 5) is 2.22. The molecule has 0 saturated carbocycles. The number of rotatable bonds is 8. The van der Waals surface area contributed by atoms with E-state index in [4.69, 9.17) is 4.74 Å². The van der Waals surface area contributed by atoms with Gasteiger partial charge < -0.3 is 15.0 Å². The second kappa shape index (κ2) is 8.31. The van der Waals surface area contributed by atoms with Crippen molar-refractivity contribution in [2.24, 2.45) is 5.92 Å². The molecule has 2 unspecified atom stereocenters. The highest BCUT2D eigenvalue weighted by Gasteiger charge is 2.20. The fourth-order valence-corrected chi connectivity index (χ4v) is 2.18. The first-order valence-electron chi connectivity index (χ1n) is 6.99. The van der Waals surface area contributed by atoms with E-state index in [-0.39, 0.29) is 0 Å². The van der Waals surface area contributed by atoms with E-state index in [1.165, 1.54) is 5.56 Å². The molecule has 0 amide bonds. The number of benzene rings is 1. The number of hydrogen-bond acceptors (Lipinski definition) is 3. The van der Waals surface area contributed by atoms with Crippen LogP contribution in [-0.4, -0.2) is 45.3 Å². The van der Waals surface area contributed by atoms with Crippen molar-refractivity contribution in [1.29, 1.82) is 0 Å². The summed E-state index contributed by atoms with van der Waals surface area (Å²) < 4.78 is 5.33. The van der Waals surface area contributed by atoms with Gasteiger partial charge in [-0.15, -0.1) is 0 Å². The van der Waals surface area contributed by atoms with Crippen LogP contribution in [0, 0.1) is 5.92 Å². The molecule has 3 heteroatoms. The molecule has 1 N–H and O–H groups in total. The van der Waals surface area contributed by atoms with Crippen LogP contribution >= 0.6 is 0 Å². The molecule has 0 bridgehead atoms. The standard InChI is InChI=1S/C16H28N2O/c1-13(2)16(12-19-5)17-15(11-18(3)4)14-9-7-6-8-10-14/h6-10,13,15-17H,11-12H2,1-5H3. The molecule has 0 spiro atoms. The van der Waals surface area contributed by atoms with Gasteiger partial charge in [-0.3, -0.25) is 0 Å². The predicted octanol–water partition coefficient (Wildman–Crippen LogP) is 2.55. The molecule has 0 saturated heterocycles. The number of likely N-dealkylation sites (N-methyl/N-ethyl adjacent to an activating group) is 1. The van der Waals surface area contributed by atoms with Gasteiger partial charge in [0, 0.05) is 25.7 Å². The number of methoxy groups -OCH3 is 1. The third-order valence-electron chi connectivity index (χ3n) is 3.32. The average Bonchev–Trinajstić information content (AvgIpc) is 2.37. The zero-order chi connectivity index (χ0) is 14.3. The van der Waals surface area contributed by atoms with E-state index >= 15 is 0 Å². The lowest BCUT2D eigenvalue weighted by molar-refractivity contribution is 0.136. The van der Waals surface area contributed by atoms with Crippen molar-refractivity contribution in [3.8, 4) is 0 Å². The van der Waals surface area contributed by atoms with Crippen LogP contribution in [0.25, 0.3) is 0 Å². The lowest BCUT2D eigenvalue weighted by Gasteiger charge is -2.30. The molecular weight excluding hydrogens is 236 g/mol. The quantitative estimate of drug-likeness (QED) is 0.781. The van der Waals surface area contributed by atoms with Crippen LogP contribution in [-0.2, 0) is 4.74 Å². The van der Waals surface area contributed by atoms with Crippen LogP contribution < -0.4 is 5.32 Å². The summed E-state index contributed by atoms with van der Waals surface area (Å²) in [6, 6.07) is 11.3. The maximum absolute atomic E-state index is 5.33. The summed E-state index contributed by atoms with van der Waals surface area (Å²) in [6.07, 6.45) is 0. The zero-order valence-electron chi connectivity index (χ0n) is 12.9. The molecular formula is C16H28N2O. The van der Waals surface area contributed by atoms with Gasteiger partial charge in [0.05, 0.1) is 6.61 Å². The number of hydrogen-bond donors (Lipinski definition) is 1. The Balaban J connectivity index is 2.79. The van der Waals surface area contributed by atoms with Crippen LogP contribution in [0.15, 0.2) is 30.3 Å². The van der Waals surface area contributed by atoms with Gasteiger partial charge in [0.1, 0.15) is 0 Å². The lowest BCUT2D eigenvalue weighted by Crippen LogP contribution is -2.43. The number of nitrogens with one attached hydrogen (secondary N) is 1. The minimum absolute atomic E-state index is 0.332. The van der Waals surface area contributed by atoms with Crippen LogP contribution in [0.5, 0.6) is 0 Å². The predicted molar refractivity (Wildman–Crippen MR) is 81.4 cm³/mol. The first-order chi connectivity index (χ1) is 9.04. The molecule has 108 valence electrons. The second-order valence-corrected chi connectivity index (χ2v) is 5.70. The molecule has 1 rings (SSSR count). The van der Waals surface area contributed by atoms with Gasteiger partial charge in [0.25, 0.3) is 0 Å². The Morgan fingerprint density at radius 2 is 1.79 bits per heavy atom. The van der Waals surface area contributed by atoms with Crippen molar-refractivity contribution in [1.82, 2.24) is 10.2 Å². The fourth-order valence-electron chi connectivity index (χ4n) is 2.18. The van der Waals surface area contributed by atoms with Gasteiger partial charge in [-0.1, -0.05) is 44.2 Å². The van der Waals surface area contributed by atoms with Crippen LogP contribution in [0.2, 0.25) is 0 Å². The van der Waals surface area contributed by atoms with E-state index in [0.717, 1.165) is 13.2 Å². The van der Waals surface area contributed by atoms with E-state index in [0.29, 0.717) is 18.0 Å². The average molecular weight is 264 g/mol. The highest BCUT2D eigenvalue weighted by Crippen LogP contribution is 2.16. The SMILES string of the molecule is COCC(NC(CN(C)C)c1ccccc1)C(C)C. The van der Waals surface area contributed by atoms with Gasteiger partial charge >= 0.3 is 0 Å². The zero-order valence-corrected chi connectivity index (χ0v) is 12.9. The first kappa shape index (κ1) is 16.2. The molecule has 1 aromatic rings. The molecule has 2 atom stereocenters. The van der Waals surface area contributed by atoms with Gasteiger partial charge in [-0.25, -0.2) is 0 Å². The maximum atomic E-state index is 5.33. The summed E-state index contributed by atoms with van der Waals surface area (Å²) in [5, 5.41) is 3.74. The highest BCUT2D eigenvalue weighted by atomic mass is 16.5. The summed E-state index contributed by atoms with van der Waals surface area (Å²) in [7, 11) is 5.98. The summed E-state index contributed by atoms with van der Waals surface area (Å²) in [5.41, 5.74) is 1.33. The Bertz CT molecular complexity index is 338. The molecule has 3 nitrogen and oxygen atoms in total. The second-order valence-electron chi connectivity index (χ2n) is 5.70. The summed E-state index contributed by atoms with van der Waals surface area (Å²) in [6.45, 7) is 6.19. The largest absolute Gasteiger partial charge is 0.383 e. The van der Waals surface area contributed by atoms with Crippen molar-refractivity contribution in [3.63, 3.8) is 0 Å². The Morgan fingerprint density at radius 1 is 1.16 bits per heavy atom. The Labute approximate surface area is 118 Å². The molecule has 0 aromatic heterocycles. The van der Waals surface area contributed by atoms with Crippen LogP contribution in [0.3, 0.4) is 0 Å². The molecule has 19 heavy (non-hydrogen) atoms. The van der Waals surface area contributed by atoms with E-state index < -0.39 is 0 Å². The summed E-state index contributed by atoms with van der Waals surface area (Å²) >= 11 is 0. The van der Waals surface area contributed by atoms with Gasteiger partial charge in [0.2, 0.25) is 0 Å². The van der Waals surface area contributed by atoms with Gasteiger partial charge in [0.15, 0.2) is 0 Å². The molecule has 0 aliphatic heterocycles. The van der Waals surface area contributed by atoms with E-state index in [2.05, 4.69) is 68.5 Å². The smallest absolute Gasteiger partial charge is 0.0618 e. The third-order valence-corrected chi connectivity index (χ3v) is 3.32. The Kier molecular flexibility index (Phi) is 7.06. The van der Waals surface area contributed by atoms with Crippen LogP contribution in [0.4, 0.5) is 0 Å². The summed E-state index contributed by atoms with van der Waals surface area (Å²) in [5.74, 6) is 0.549. The highest BCUT2D eigenvalue weighted by molar-refractivity contribution is 5.19. The molecule has 1 aromatic carbocycles. The minimum atomic E-state index is 0.332. The molecule has 0 fully saturated rings. The van der Waals surface area contributed by atoms with Gasteiger partial charge in [-0.2, -0.15) is 0 Å². The number of ether oxygens (including phenoxy) is 1. The number of nitrogens with zero attached hydrogens (tertiary/aromatic N) is 1. The minimum Gasteiger partial charge on any atom is -0.383 e. The molecule has 0 radical (unpaired) electrons. The van der Waals surface area contributed by atoms with E-state index in [1.54, 1.807) is 7.11 Å². The normalized spacial score (nSPS) is 14.9. The lowest BCUT2D eigenvalue weighted by atomic mass is 10.0. The maximum Gasteiger partial charge on any atom is 0.0618 e. The first-order valence-corrected chi connectivity index (χ1v) is 6.99. The Morgan fingerprint density at radius 3 is 2.26 bits per heavy atom. The molecule has 0 aliphatic rings. The fraction of sp³-hybridized carbons (Fsp3) is 0.625. The van der Waals surface area contributed by atoms with Gasteiger partial charge in [-0.05, 0) is 25.6 Å². The van der Waals surface area contributed by atoms with Crippen molar-refractivity contribution >= 4 is 0 Å². The monoisotopic (exact) mass is 264 g/mol. The molecule has 0 aliphatic carbocycles. The van der Waals surface area contributed by atoms with Crippen molar-refractivity contribution in [3.05, 3.63) is 35.9 Å². The topological polar surface area (TPSA) is 24.5 Å². The van der Waals surface area contributed by atoms with Crippen molar-refractivity contribution in [2.45, 2.75) is 25.9 Å². The van der Waals surface area contributed by atoms with E-state index in [9.17, 15) is 0 Å². The van der Waals surface area contributed by atoms with E-state index in [1.807, 2.05) is 0 Å². The Hall–Kier alpha value is -0.900.